The number of benzene rings is 1. The van der Waals surface area contributed by atoms with Gasteiger partial charge in [0.2, 0.25) is 0 Å². The van der Waals surface area contributed by atoms with Crippen LogP contribution in [0.25, 0.3) is 0 Å². The van der Waals surface area contributed by atoms with Crippen LogP contribution in [-0.2, 0) is 6.42 Å². The van der Waals surface area contributed by atoms with E-state index >= 15 is 0 Å². The molecule has 5 heteroatoms. The first-order valence-corrected chi connectivity index (χ1v) is 6.47. The number of fused-ring (bicyclic) bond motifs is 1. The van der Waals surface area contributed by atoms with E-state index < -0.39 is 0 Å². The summed E-state index contributed by atoms with van der Waals surface area (Å²) >= 11 is 0. The quantitative estimate of drug-likeness (QED) is 0.773. The number of carbonyl (C=O) groups is 1. The van der Waals surface area contributed by atoms with Gasteiger partial charge in [0.15, 0.2) is 0 Å². The molecule has 3 N–H and O–H groups in total. The minimum absolute atomic E-state index is 0.0231. The second kappa shape index (κ2) is 5.14. The Hall–Kier alpha value is -2.30. The number of anilines is 1. The Morgan fingerprint density at radius 3 is 3.00 bits per heavy atom. The van der Waals surface area contributed by atoms with Gasteiger partial charge < -0.3 is 10.6 Å². The van der Waals surface area contributed by atoms with Crippen molar-refractivity contribution in [2.24, 2.45) is 0 Å². The SMILES string of the molecule is O=C(Nc1ccccc1)NC1CCCc2cn[nH]c21. The van der Waals surface area contributed by atoms with Gasteiger partial charge in [-0.3, -0.25) is 5.10 Å². The van der Waals surface area contributed by atoms with Crippen molar-refractivity contribution in [3.8, 4) is 0 Å². The Morgan fingerprint density at radius 1 is 1.32 bits per heavy atom. The molecule has 0 aliphatic heterocycles. The van der Waals surface area contributed by atoms with Crippen molar-refractivity contribution in [2.75, 3.05) is 5.32 Å². The predicted molar refractivity (Wildman–Crippen MR) is 72.9 cm³/mol. The lowest BCUT2D eigenvalue weighted by Gasteiger charge is -2.23. The van der Waals surface area contributed by atoms with E-state index in [1.165, 1.54) is 5.56 Å². The maximum atomic E-state index is 12.0. The van der Waals surface area contributed by atoms with Gasteiger partial charge in [0.1, 0.15) is 0 Å². The first-order valence-electron chi connectivity index (χ1n) is 6.47. The fourth-order valence-electron chi connectivity index (χ4n) is 2.45. The topological polar surface area (TPSA) is 69.8 Å². The Balaban J connectivity index is 1.65. The standard InChI is InChI=1S/C14H16N4O/c19-14(16-11-6-2-1-3-7-11)17-12-8-4-5-10-9-15-18-13(10)12/h1-3,6-7,9,12H,4-5,8H2,(H,15,18)(H2,16,17,19). The maximum absolute atomic E-state index is 12.0. The second-order valence-corrected chi connectivity index (χ2v) is 4.72. The van der Waals surface area contributed by atoms with Crippen molar-refractivity contribution >= 4 is 11.7 Å². The number of hydrogen-bond acceptors (Lipinski definition) is 2. The fraction of sp³-hybridized carbons (Fsp3) is 0.286. The smallest absolute Gasteiger partial charge is 0.319 e. The second-order valence-electron chi connectivity index (χ2n) is 4.72. The molecule has 1 aromatic heterocycles. The number of nitrogens with one attached hydrogen (secondary N) is 3. The molecule has 1 atom stereocenters. The molecular formula is C14H16N4O. The van der Waals surface area contributed by atoms with Crippen LogP contribution in [0.1, 0.15) is 30.1 Å². The van der Waals surface area contributed by atoms with Gasteiger partial charge in [-0.2, -0.15) is 5.10 Å². The highest BCUT2D eigenvalue weighted by Crippen LogP contribution is 2.27. The van der Waals surface area contributed by atoms with Gasteiger partial charge in [0.05, 0.1) is 17.9 Å². The molecule has 3 rings (SSSR count). The molecule has 0 bridgehead atoms. The number of hydrogen-bond donors (Lipinski definition) is 3. The Labute approximate surface area is 111 Å². The highest BCUT2D eigenvalue weighted by molar-refractivity contribution is 5.89. The maximum Gasteiger partial charge on any atom is 0.319 e. The number of aryl methyl sites for hydroxylation is 1. The molecule has 0 spiro atoms. The van der Waals surface area contributed by atoms with Crippen molar-refractivity contribution in [2.45, 2.75) is 25.3 Å². The third kappa shape index (κ3) is 2.59. The summed E-state index contributed by atoms with van der Waals surface area (Å²) in [6.07, 6.45) is 4.89. The highest BCUT2D eigenvalue weighted by Gasteiger charge is 2.23. The van der Waals surface area contributed by atoms with Crippen LogP contribution in [0.2, 0.25) is 0 Å². The lowest BCUT2D eigenvalue weighted by molar-refractivity contribution is 0.247. The molecule has 1 aliphatic carbocycles. The summed E-state index contributed by atoms with van der Waals surface area (Å²) in [5.74, 6) is 0. The minimum atomic E-state index is -0.182. The van der Waals surface area contributed by atoms with Crippen molar-refractivity contribution in [1.29, 1.82) is 0 Å². The lowest BCUT2D eigenvalue weighted by atomic mass is 9.94. The van der Waals surface area contributed by atoms with E-state index in [4.69, 9.17) is 0 Å². The molecule has 2 aromatic rings. The molecule has 0 saturated carbocycles. The molecule has 0 radical (unpaired) electrons. The summed E-state index contributed by atoms with van der Waals surface area (Å²) in [6, 6.07) is 9.27. The number of rotatable bonds is 2. The molecule has 0 fully saturated rings. The number of carbonyl (C=O) groups excluding carboxylic acids is 1. The molecule has 5 nitrogen and oxygen atoms in total. The van der Waals surface area contributed by atoms with Crippen LogP contribution in [0.4, 0.5) is 10.5 Å². The summed E-state index contributed by atoms with van der Waals surface area (Å²) in [4.78, 5) is 12.0. The zero-order valence-corrected chi connectivity index (χ0v) is 10.5. The molecule has 1 aliphatic rings. The summed E-state index contributed by atoms with van der Waals surface area (Å²) in [7, 11) is 0. The van der Waals surface area contributed by atoms with Crippen LogP contribution in [0.3, 0.4) is 0 Å². The minimum Gasteiger partial charge on any atom is -0.330 e. The van der Waals surface area contributed by atoms with Crippen LogP contribution in [0, 0.1) is 0 Å². The van der Waals surface area contributed by atoms with Crippen LogP contribution in [0.15, 0.2) is 36.5 Å². The van der Waals surface area contributed by atoms with Gasteiger partial charge in [-0.25, -0.2) is 4.79 Å². The van der Waals surface area contributed by atoms with Crippen LogP contribution < -0.4 is 10.6 Å². The molecular weight excluding hydrogens is 240 g/mol. The highest BCUT2D eigenvalue weighted by atomic mass is 16.2. The van der Waals surface area contributed by atoms with Crippen LogP contribution >= 0.6 is 0 Å². The Bertz CT molecular complexity index is 564. The predicted octanol–water partition coefficient (Wildman–Crippen LogP) is 2.61. The average Bonchev–Trinajstić information content (AvgIpc) is 2.89. The number of para-hydroxylation sites is 1. The molecule has 98 valence electrons. The van der Waals surface area contributed by atoms with E-state index in [2.05, 4.69) is 20.8 Å². The van der Waals surface area contributed by atoms with E-state index in [1.54, 1.807) is 0 Å². The van der Waals surface area contributed by atoms with Crippen molar-refractivity contribution in [1.82, 2.24) is 15.5 Å². The van der Waals surface area contributed by atoms with E-state index in [-0.39, 0.29) is 12.1 Å². The van der Waals surface area contributed by atoms with E-state index in [1.807, 2.05) is 36.5 Å². The first-order chi connectivity index (χ1) is 9.33. The summed E-state index contributed by atoms with van der Waals surface area (Å²) in [5, 5.41) is 12.8. The Kier molecular flexibility index (Phi) is 3.18. The summed E-state index contributed by atoms with van der Waals surface area (Å²) < 4.78 is 0. The number of amides is 2. The van der Waals surface area contributed by atoms with Gasteiger partial charge in [-0.15, -0.1) is 0 Å². The molecule has 1 unspecified atom stereocenters. The van der Waals surface area contributed by atoms with Gasteiger partial charge in [-0.1, -0.05) is 18.2 Å². The zero-order valence-electron chi connectivity index (χ0n) is 10.5. The number of H-pyrrole nitrogens is 1. The van der Waals surface area contributed by atoms with E-state index in [0.717, 1.165) is 30.6 Å². The molecule has 0 saturated heterocycles. The van der Waals surface area contributed by atoms with Gasteiger partial charge in [0.25, 0.3) is 0 Å². The normalized spacial score (nSPS) is 17.6. The van der Waals surface area contributed by atoms with Crippen molar-refractivity contribution in [3.63, 3.8) is 0 Å². The Morgan fingerprint density at radius 2 is 2.16 bits per heavy atom. The van der Waals surface area contributed by atoms with Gasteiger partial charge in [0, 0.05) is 5.69 Å². The third-order valence-corrected chi connectivity index (χ3v) is 3.38. The van der Waals surface area contributed by atoms with Gasteiger partial charge in [-0.05, 0) is 37.0 Å². The number of nitrogens with zero attached hydrogens (tertiary/aromatic N) is 1. The molecule has 2 amide bonds. The summed E-state index contributed by atoms with van der Waals surface area (Å²) in [6.45, 7) is 0. The molecule has 19 heavy (non-hydrogen) atoms. The average molecular weight is 256 g/mol. The summed E-state index contributed by atoms with van der Waals surface area (Å²) in [5.41, 5.74) is 3.03. The third-order valence-electron chi connectivity index (χ3n) is 3.38. The molecule has 1 heterocycles. The van der Waals surface area contributed by atoms with Crippen molar-refractivity contribution < 1.29 is 4.79 Å². The monoisotopic (exact) mass is 256 g/mol. The largest absolute Gasteiger partial charge is 0.330 e. The van der Waals surface area contributed by atoms with E-state index in [9.17, 15) is 4.79 Å². The van der Waals surface area contributed by atoms with Gasteiger partial charge >= 0.3 is 6.03 Å². The first kappa shape index (κ1) is 11.8. The zero-order chi connectivity index (χ0) is 13.1. The van der Waals surface area contributed by atoms with Crippen LogP contribution in [-0.4, -0.2) is 16.2 Å². The number of aromatic nitrogens is 2. The lowest BCUT2D eigenvalue weighted by Crippen LogP contribution is -2.34. The van der Waals surface area contributed by atoms with Crippen LogP contribution in [0.5, 0.6) is 0 Å². The van der Waals surface area contributed by atoms with E-state index in [0.29, 0.717) is 0 Å². The fourth-order valence-corrected chi connectivity index (χ4v) is 2.45. The van der Waals surface area contributed by atoms with Crippen molar-refractivity contribution in [3.05, 3.63) is 47.8 Å². The molecule has 1 aromatic carbocycles. The number of urea groups is 1. The number of aromatic amines is 1.